The molecule has 0 spiro atoms. The van der Waals surface area contributed by atoms with Crippen molar-refractivity contribution in [1.82, 2.24) is 24.5 Å². The number of hydrogen-bond donors (Lipinski definition) is 3. The molecule has 0 atom stereocenters. The topological polar surface area (TPSA) is 102 Å². The minimum absolute atomic E-state index is 0.107. The van der Waals surface area contributed by atoms with Crippen molar-refractivity contribution in [1.29, 1.82) is 0 Å². The lowest BCUT2D eigenvalue weighted by Gasteiger charge is -2.13. The largest absolute Gasteiger partial charge is 0.497 e. The van der Waals surface area contributed by atoms with Gasteiger partial charge in [0.05, 0.1) is 19.0 Å². The first kappa shape index (κ1) is 24.8. The van der Waals surface area contributed by atoms with Gasteiger partial charge in [-0.3, -0.25) is 0 Å². The van der Waals surface area contributed by atoms with Crippen LogP contribution in [0.25, 0.3) is 0 Å². The molecule has 0 amide bonds. The number of benzene rings is 2. The third-order valence-corrected chi connectivity index (χ3v) is 5.12. The van der Waals surface area contributed by atoms with Gasteiger partial charge in [-0.15, -0.1) is 0 Å². The van der Waals surface area contributed by atoms with Crippen LogP contribution in [-0.4, -0.2) is 38.2 Å². The number of halogens is 3. The van der Waals surface area contributed by atoms with Gasteiger partial charge in [0.1, 0.15) is 5.75 Å². The van der Waals surface area contributed by atoms with Gasteiger partial charge in [0, 0.05) is 37.7 Å². The van der Waals surface area contributed by atoms with Crippen molar-refractivity contribution >= 4 is 23.5 Å². The first-order valence-electron chi connectivity index (χ1n) is 11.2. The second kappa shape index (κ2) is 11.4. The summed E-state index contributed by atoms with van der Waals surface area (Å²) in [4.78, 5) is 17.2. The van der Waals surface area contributed by atoms with Crippen LogP contribution in [0.3, 0.4) is 0 Å². The first-order chi connectivity index (χ1) is 17.4. The molecule has 2 heterocycles. The molecule has 12 heteroatoms. The van der Waals surface area contributed by atoms with Gasteiger partial charge in [0.15, 0.2) is 0 Å². The predicted molar refractivity (Wildman–Crippen MR) is 130 cm³/mol. The van der Waals surface area contributed by atoms with Crippen LogP contribution in [0.1, 0.15) is 17.5 Å². The zero-order chi connectivity index (χ0) is 25.4. The van der Waals surface area contributed by atoms with Gasteiger partial charge in [0.2, 0.25) is 17.8 Å². The number of methoxy groups -OCH3 is 1. The molecule has 36 heavy (non-hydrogen) atoms. The molecule has 3 N–H and O–H groups in total. The molecule has 9 nitrogen and oxygen atoms in total. The van der Waals surface area contributed by atoms with Crippen LogP contribution in [0.5, 0.6) is 5.75 Å². The number of aromatic nitrogens is 5. The lowest BCUT2D eigenvalue weighted by molar-refractivity contribution is -0.137. The van der Waals surface area contributed by atoms with E-state index in [1.807, 2.05) is 22.9 Å². The Morgan fingerprint density at radius 1 is 0.944 bits per heavy atom. The maximum Gasteiger partial charge on any atom is 0.416 e. The molecule has 0 aliphatic heterocycles. The van der Waals surface area contributed by atoms with Gasteiger partial charge in [0.25, 0.3) is 0 Å². The highest BCUT2D eigenvalue weighted by Crippen LogP contribution is 2.29. The van der Waals surface area contributed by atoms with Gasteiger partial charge in [-0.2, -0.15) is 28.1 Å². The van der Waals surface area contributed by atoms with E-state index >= 15 is 0 Å². The fraction of sp³-hybridized carbons (Fsp3) is 0.250. The van der Waals surface area contributed by atoms with Crippen molar-refractivity contribution in [2.45, 2.75) is 25.7 Å². The lowest BCUT2D eigenvalue weighted by Crippen LogP contribution is -2.13. The first-order valence-corrected chi connectivity index (χ1v) is 11.2. The molecule has 0 aliphatic rings. The van der Waals surface area contributed by atoms with E-state index in [-0.39, 0.29) is 18.4 Å². The van der Waals surface area contributed by atoms with Crippen LogP contribution >= 0.6 is 0 Å². The summed E-state index contributed by atoms with van der Waals surface area (Å²) in [5, 5.41) is 9.29. The van der Waals surface area contributed by atoms with E-state index in [9.17, 15) is 13.2 Å². The van der Waals surface area contributed by atoms with Crippen LogP contribution in [0.15, 0.2) is 67.3 Å². The van der Waals surface area contributed by atoms with E-state index in [0.29, 0.717) is 23.8 Å². The normalized spacial score (nSPS) is 11.2. The maximum absolute atomic E-state index is 13.0. The number of nitrogens with zero attached hydrogens (tertiary/aromatic N) is 5. The van der Waals surface area contributed by atoms with Crippen molar-refractivity contribution < 1.29 is 17.9 Å². The number of imidazole rings is 1. The third kappa shape index (κ3) is 7.08. The fourth-order valence-corrected chi connectivity index (χ4v) is 3.31. The van der Waals surface area contributed by atoms with E-state index < -0.39 is 11.7 Å². The van der Waals surface area contributed by atoms with E-state index in [0.717, 1.165) is 30.8 Å². The highest BCUT2D eigenvalue weighted by atomic mass is 19.4. The number of nitrogens with one attached hydrogen (secondary N) is 3. The Morgan fingerprint density at radius 3 is 2.39 bits per heavy atom. The second-order valence-electron chi connectivity index (χ2n) is 7.79. The third-order valence-electron chi connectivity index (χ3n) is 5.12. The summed E-state index contributed by atoms with van der Waals surface area (Å²) in [7, 11) is 1.58. The summed E-state index contributed by atoms with van der Waals surface area (Å²) >= 11 is 0. The number of ether oxygens (including phenoxy) is 1. The number of aryl methyl sites for hydroxylation is 1. The van der Waals surface area contributed by atoms with Gasteiger partial charge in [-0.25, -0.2) is 4.98 Å². The van der Waals surface area contributed by atoms with Crippen LogP contribution in [-0.2, 0) is 19.3 Å². The number of rotatable bonds is 11. The van der Waals surface area contributed by atoms with Crippen LogP contribution in [0, 0.1) is 0 Å². The zero-order valence-electron chi connectivity index (χ0n) is 19.5. The highest BCUT2D eigenvalue weighted by molar-refractivity contribution is 5.56. The van der Waals surface area contributed by atoms with Crippen molar-refractivity contribution in [3.63, 3.8) is 0 Å². The monoisotopic (exact) mass is 498 g/mol. The quantitative estimate of drug-likeness (QED) is 0.250. The predicted octanol–water partition coefficient (Wildman–Crippen LogP) is 4.95. The van der Waals surface area contributed by atoms with Gasteiger partial charge in [-0.1, -0.05) is 12.1 Å². The van der Waals surface area contributed by atoms with Gasteiger partial charge in [-0.05, 0) is 48.4 Å². The Kier molecular flexibility index (Phi) is 7.83. The van der Waals surface area contributed by atoms with Crippen LogP contribution in [0.2, 0.25) is 0 Å². The summed E-state index contributed by atoms with van der Waals surface area (Å²) in [5.74, 6) is 1.53. The summed E-state index contributed by atoms with van der Waals surface area (Å²) in [5.41, 5.74) is 0.473. The molecule has 0 bridgehead atoms. The molecule has 0 unspecified atom stereocenters. The maximum atomic E-state index is 13.0. The summed E-state index contributed by atoms with van der Waals surface area (Å²) in [6, 6.07) is 12.3. The average molecular weight is 499 g/mol. The molecule has 2 aromatic carbocycles. The van der Waals surface area contributed by atoms with Crippen LogP contribution in [0.4, 0.5) is 36.7 Å². The molecule has 4 aromatic rings. The number of hydrogen-bond acceptors (Lipinski definition) is 8. The van der Waals surface area contributed by atoms with Gasteiger partial charge < -0.3 is 25.3 Å². The Balaban J connectivity index is 1.47. The zero-order valence-corrected chi connectivity index (χ0v) is 19.5. The minimum Gasteiger partial charge on any atom is -0.497 e. The summed E-state index contributed by atoms with van der Waals surface area (Å²) < 4.78 is 46.3. The molecular formula is C24H25F3N8O. The smallest absolute Gasteiger partial charge is 0.416 e. The second-order valence-corrected chi connectivity index (χ2v) is 7.79. The molecule has 4 rings (SSSR count). The Labute approximate surface area is 205 Å². The molecular weight excluding hydrogens is 473 g/mol. The molecule has 0 radical (unpaired) electrons. The van der Waals surface area contributed by atoms with E-state index in [1.54, 1.807) is 37.8 Å². The Hall–Kier alpha value is -4.35. The van der Waals surface area contributed by atoms with Crippen molar-refractivity contribution in [3.8, 4) is 5.75 Å². The standard InChI is InChI=1S/C24H25F3N8O/c1-36-20-8-6-19(7-9-20)31-23-33-21(29-10-3-12-35-13-11-28-16-35)32-22(34-23)30-15-17-4-2-5-18(14-17)24(25,26)27/h2,4-9,11,13-14,16H,3,10,12,15H2,1H3,(H3,29,30,31,32,33,34). The summed E-state index contributed by atoms with van der Waals surface area (Å²) in [6.07, 6.45) is 1.74. The SMILES string of the molecule is COc1ccc(Nc2nc(NCCCn3ccnc3)nc(NCc3cccc(C(F)(F)F)c3)n2)cc1. The molecule has 2 aromatic heterocycles. The lowest BCUT2D eigenvalue weighted by atomic mass is 10.1. The Bertz CT molecular complexity index is 1250. The molecule has 0 fully saturated rings. The van der Waals surface area contributed by atoms with E-state index in [2.05, 4.69) is 35.9 Å². The fourth-order valence-electron chi connectivity index (χ4n) is 3.31. The average Bonchev–Trinajstić information content (AvgIpc) is 3.39. The Morgan fingerprint density at radius 2 is 1.69 bits per heavy atom. The molecule has 0 saturated carbocycles. The number of alkyl halides is 3. The van der Waals surface area contributed by atoms with Crippen LogP contribution < -0.4 is 20.7 Å². The van der Waals surface area contributed by atoms with Crippen molar-refractivity contribution in [3.05, 3.63) is 78.4 Å². The van der Waals surface area contributed by atoms with E-state index in [4.69, 9.17) is 4.74 Å². The molecule has 0 aliphatic carbocycles. The van der Waals surface area contributed by atoms with Crippen molar-refractivity contribution in [2.75, 3.05) is 29.6 Å². The van der Waals surface area contributed by atoms with E-state index in [1.165, 1.54) is 6.07 Å². The minimum atomic E-state index is -4.41. The van der Waals surface area contributed by atoms with Crippen molar-refractivity contribution in [2.24, 2.45) is 0 Å². The number of anilines is 4. The summed E-state index contributed by atoms with van der Waals surface area (Å²) in [6.45, 7) is 1.48. The molecule has 188 valence electrons. The van der Waals surface area contributed by atoms with Gasteiger partial charge >= 0.3 is 6.18 Å². The molecule has 0 saturated heterocycles. The highest BCUT2D eigenvalue weighted by Gasteiger charge is 2.30.